The van der Waals surface area contributed by atoms with Crippen molar-refractivity contribution in [3.05, 3.63) is 45.7 Å². The fraction of sp³-hybridized carbons (Fsp3) is 0.250. The SMILES string of the molecule is Cc1nc(COc2ccc(F)cc2CBr)cs1. The molecule has 0 unspecified atom stereocenters. The van der Waals surface area contributed by atoms with Gasteiger partial charge in [-0.15, -0.1) is 11.3 Å². The molecule has 0 N–H and O–H groups in total. The molecule has 0 bridgehead atoms. The van der Waals surface area contributed by atoms with Crippen molar-refractivity contribution in [2.45, 2.75) is 18.9 Å². The van der Waals surface area contributed by atoms with E-state index in [1.807, 2.05) is 12.3 Å². The molecular weight excluding hydrogens is 305 g/mol. The number of hydrogen-bond acceptors (Lipinski definition) is 3. The third-order valence-corrected chi connectivity index (χ3v) is 3.64. The van der Waals surface area contributed by atoms with Gasteiger partial charge in [0.2, 0.25) is 0 Å². The largest absolute Gasteiger partial charge is 0.487 e. The van der Waals surface area contributed by atoms with E-state index in [0.717, 1.165) is 16.3 Å². The second-order valence-corrected chi connectivity index (χ2v) is 5.16. The zero-order valence-corrected chi connectivity index (χ0v) is 11.6. The minimum absolute atomic E-state index is 0.253. The average molecular weight is 316 g/mol. The molecule has 1 heterocycles. The van der Waals surface area contributed by atoms with Crippen LogP contribution in [0.1, 0.15) is 16.3 Å². The van der Waals surface area contributed by atoms with Gasteiger partial charge < -0.3 is 4.74 Å². The third kappa shape index (κ3) is 3.26. The van der Waals surface area contributed by atoms with Crippen LogP contribution in [0.2, 0.25) is 0 Å². The summed E-state index contributed by atoms with van der Waals surface area (Å²) >= 11 is 4.90. The Morgan fingerprint density at radius 1 is 1.47 bits per heavy atom. The molecule has 2 nitrogen and oxygen atoms in total. The van der Waals surface area contributed by atoms with E-state index in [1.54, 1.807) is 17.4 Å². The molecule has 0 atom stereocenters. The standard InChI is InChI=1S/C12H11BrFNOS/c1-8-15-11(7-17-8)6-16-12-3-2-10(14)4-9(12)5-13/h2-4,7H,5-6H2,1H3. The number of halogens is 2. The number of aromatic nitrogens is 1. The Balaban J connectivity index is 2.08. The number of benzene rings is 1. The van der Waals surface area contributed by atoms with Crippen LogP contribution in [-0.4, -0.2) is 4.98 Å². The molecule has 1 aromatic heterocycles. The Hall–Kier alpha value is -0.940. The molecule has 17 heavy (non-hydrogen) atoms. The van der Waals surface area contributed by atoms with Gasteiger partial charge in [0.1, 0.15) is 18.2 Å². The van der Waals surface area contributed by atoms with Gasteiger partial charge in [0.25, 0.3) is 0 Å². The van der Waals surface area contributed by atoms with Crippen LogP contribution in [0.25, 0.3) is 0 Å². The lowest BCUT2D eigenvalue weighted by Gasteiger charge is -2.08. The van der Waals surface area contributed by atoms with Gasteiger partial charge in [-0.1, -0.05) is 15.9 Å². The topological polar surface area (TPSA) is 22.1 Å². The van der Waals surface area contributed by atoms with Gasteiger partial charge in [-0.25, -0.2) is 9.37 Å². The van der Waals surface area contributed by atoms with Crippen LogP contribution < -0.4 is 4.74 Å². The number of rotatable bonds is 4. The number of ether oxygens (including phenoxy) is 1. The van der Waals surface area contributed by atoms with Gasteiger partial charge in [-0.05, 0) is 25.1 Å². The molecule has 0 fully saturated rings. The Labute approximate surface area is 112 Å². The molecule has 5 heteroatoms. The average Bonchev–Trinajstić information content (AvgIpc) is 2.73. The van der Waals surface area contributed by atoms with E-state index in [4.69, 9.17) is 4.74 Å². The molecule has 2 aromatic rings. The first-order valence-corrected chi connectivity index (χ1v) is 7.07. The highest BCUT2D eigenvalue weighted by Gasteiger charge is 2.06. The molecular formula is C12H11BrFNOS. The van der Waals surface area contributed by atoms with Crippen molar-refractivity contribution in [2.24, 2.45) is 0 Å². The second-order valence-electron chi connectivity index (χ2n) is 3.53. The highest BCUT2D eigenvalue weighted by atomic mass is 79.9. The van der Waals surface area contributed by atoms with Gasteiger partial charge in [-0.3, -0.25) is 0 Å². The van der Waals surface area contributed by atoms with E-state index < -0.39 is 0 Å². The quantitative estimate of drug-likeness (QED) is 0.794. The van der Waals surface area contributed by atoms with Crippen LogP contribution in [0, 0.1) is 12.7 Å². The van der Waals surface area contributed by atoms with Crippen molar-refractivity contribution in [2.75, 3.05) is 0 Å². The number of alkyl halides is 1. The normalized spacial score (nSPS) is 10.5. The summed E-state index contributed by atoms with van der Waals surface area (Å²) in [5, 5.41) is 3.55. The van der Waals surface area contributed by atoms with E-state index in [1.165, 1.54) is 12.1 Å². The first-order valence-electron chi connectivity index (χ1n) is 5.07. The fourth-order valence-electron chi connectivity index (χ4n) is 1.42. The van der Waals surface area contributed by atoms with Gasteiger partial charge in [0.15, 0.2) is 0 Å². The molecule has 0 saturated carbocycles. The number of aryl methyl sites for hydroxylation is 1. The van der Waals surface area contributed by atoms with Gasteiger partial charge >= 0.3 is 0 Å². The van der Waals surface area contributed by atoms with E-state index in [2.05, 4.69) is 20.9 Å². The Bertz CT molecular complexity index is 515. The molecule has 0 aliphatic carbocycles. The molecule has 1 aromatic carbocycles. The second kappa shape index (κ2) is 5.60. The summed E-state index contributed by atoms with van der Waals surface area (Å²) in [4.78, 5) is 4.31. The van der Waals surface area contributed by atoms with Crippen molar-refractivity contribution >= 4 is 27.3 Å². The van der Waals surface area contributed by atoms with Gasteiger partial charge in [0, 0.05) is 16.3 Å². The first kappa shape index (κ1) is 12.5. The summed E-state index contributed by atoms with van der Waals surface area (Å²) in [5.74, 6) is 0.435. The predicted molar refractivity (Wildman–Crippen MR) is 70.2 cm³/mol. The van der Waals surface area contributed by atoms with E-state index >= 15 is 0 Å². The summed E-state index contributed by atoms with van der Waals surface area (Å²) in [5.41, 5.74) is 1.70. The lowest BCUT2D eigenvalue weighted by atomic mass is 10.2. The maximum atomic E-state index is 13.0. The Kier molecular flexibility index (Phi) is 4.12. The molecule has 2 rings (SSSR count). The van der Waals surface area contributed by atoms with Crippen LogP contribution in [0.4, 0.5) is 4.39 Å². The number of hydrogen-bond donors (Lipinski definition) is 0. The van der Waals surface area contributed by atoms with Crippen molar-refractivity contribution in [1.29, 1.82) is 0 Å². The van der Waals surface area contributed by atoms with E-state index in [-0.39, 0.29) is 5.82 Å². The lowest BCUT2D eigenvalue weighted by Crippen LogP contribution is -1.98. The zero-order valence-electron chi connectivity index (χ0n) is 9.24. The Morgan fingerprint density at radius 3 is 2.94 bits per heavy atom. The van der Waals surface area contributed by atoms with Crippen LogP contribution in [0.15, 0.2) is 23.6 Å². The van der Waals surface area contributed by atoms with Crippen LogP contribution >= 0.6 is 27.3 Å². The molecule has 90 valence electrons. The monoisotopic (exact) mass is 315 g/mol. The third-order valence-electron chi connectivity index (χ3n) is 2.21. The minimum atomic E-state index is -0.253. The summed E-state index contributed by atoms with van der Waals surface area (Å²) in [6.07, 6.45) is 0. The van der Waals surface area contributed by atoms with E-state index in [0.29, 0.717) is 17.7 Å². The number of thiazole rings is 1. The highest BCUT2D eigenvalue weighted by Crippen LogP contribution is 2.23. The molecule has 0 aliphatic heterocycles. The van der Waals surface area contributed by atoms with Gasteiger partial charge in [0.05, 0.1) is 10.7 Å². The van der Waals surface area contributed by atoms with Crippen molar-refractivity contribution in [3.63, 3.8) is 0 Å². The minimum Gasteiger partial charge on any atom is -0.487 e. The maximum absolute atomic E-state index is 13.0. The molecule has 0 radical (unpaired) electrons. The van der Waals surface area contributed by atoms with Crippen molar-refractivity contribution in [1.82, 2.24) is 4.98 Å². The summed E-state index contributed by atoms with van der Waals surface area (Å²) in [6, 6.07) is 4.51. The molecule has 0 aliphatic rings. The predicted octanol–water partition coefficient (Wildman–Crippen LogP) is 4.06. The van der Waals surface area contributed by atoms with Crippen molar-refractivity contribution < 1.29 is 9.13 Å². The van der Waals surface area contributed by atoms with Gasteiger partial charge in [-0.2, -0.15) is 0 Å². The van der Waals surface area contributed by atoms with Crippen molar-refractivity contribution in [3.8, 4) is 5.75 Å². The summed E-state index contributed by atoms with van der Waals surface area (Å²) < 4.78 is 18.6. The molecule has 0 saturated heterocycles. The number of nitrogens with zero attached hydrogens (tertiary/aromatic N) is 1. The van der Waals surface area contributed by atoms with E-state index in [9.17, 15) is 4.39 Å². The summed E-state index contributed by atoms with van der Waals surface area (Å²) in [7, 11) is 0. The van der Waals surface area contributed by atoms with Crippen LogP contribution in [-0.2, 0) is 11.9 Å². The van der Waals surface area contributed by atoms with Crippen LogP contribution in [0.5, 0.6) is 5.75 Å². The fourth-order valence-corrected chi connectivity index (χ4v) is 2.45. The molecule has 0 spiro atoms. The first-order chi connectivity index (χ1) is 8.19. The maximum Gasteiger partial charge on any atom is 0.131 e. The summed E-state index contributed by atoms with van der Waals surface area (Å²) in [6.45, 7) is 2.37. The molecule has 0 amide bonds. The van der Waals surface area contributed by atoms with Crippen LogP contribution in [0.3, 0.4) is 0 Å². The zero-order chi connectivity index (χ0) is 12.3. The highest BCUT2D eigenvalue weighted by molar-refractivity contribution is 9.08. The smallest absolute Gasteiger partial charge is 0.131 e. The Morgan fingerprint density at radius 2 is 2.29 bits per heavy atom. The lowest BCUT2D eigenvalue weighted by molar-refractivity contribution is 0.299.